The quantitative estimate of drug-likeness (QED) is 0.653. The van der Waals surface area contributed by atoms with E-state index in [1.807, 2.05) is 17.0 Å². The molecule has 0 bridgehead atoms. The molecule has 33 heavy (non-hydrogen) atoms. The van der Waals surface area contributed by atoms with Crippen LogP contribution >= 0.6 is 23.8 Å². The van der Waals surface area contributed by atoms with Gasteiger partial charge in [0.2, 0.25) is 0 Å². The van der Waals surface area contributed by atoms with E-state index in [-0.39, 0.29) is 11.5 Å². The van der Waals surface area contributed by atoms with Crippen molar-refractivity contribution in [2.45, 2.75) is 56.6 Å². The van der Waals surface area contributed by atoms with Crippen molar-refractivity contribution in [3.8, 4) is 0 Å². The molecule has 1 N–H and O–H groups in total. The lowest BCUT2D eigenvalue weighted by Crippen LogP contribution is -2.52. The van der Waals surface area contributed by atoms with Gasteiger partial charge in [0.15, 0.2) is 5.11 Å². The summed E-state index contributed by atoms with van der Waals surface area (Å²) in [5.74, 6) is 0.762. The first kappa shape index (κ1) is 22.7. The topological polar surface area (TPSA) is 73.3 Å². The summed E-state index contributed by atoms with van der Waals surface area (Å²) in [6.07, 6.45) is 8.97. The third kappa shape index (κ3) is 4.89. The largest absolute Gasteiger partial charge is 0.388 e. The number of hydrogen-bond acceptors (Lipinski definition) is 6. The molecule has 1 aromatic heterocycles. The van der Waals surface area contributed by atoms with Gasteiger partial charge in [-0.25, -0.2) is 4.98 Å². The number of pyridine rings is 1. The lowest BCUT2D eigenvalue weighted by Gasteiger charge is -2.39. The highest BCUT2D eigenvalue weighted by atomic mass is 35.5. The second kappa shape index (κ2) is 9.62. The van der Waals surface area contributed by atoms with E-state index in [0.717, 1.165) is 36.9 Å². The second-order valence-corrected chi connectivity index (χ2v) is 10.3. The fourth-order valence-corrected chi connectivity index (χ4v) is 5.86. The molecule has 0 radical (unpaired) electrons. The number of carbonyl (C=O) groups excluding carboxylic acids is 1. The first-order valence-corrected chi connectivity index (χ1v) is 12.8. The number of piperidine rings is 1. The summed E-state index contributed by atoms with van der Waals surface area (Å²) in [4.78, 5) is 29.6. The minimum absolute atomic E-state index is 0.0144. The fourth-order valence-electron chi connectivity index (χ4n) is 5.27. The molecule has 1 spiro atoms. The van der Waals surface area contributed by atoms with Gasteiger partial charge >= 0.3 is 0 Å². The molecular weight excluding hydrogens is 460 g/mol. The lowest BCUT2D eigenvalue weighted by atomic mass is 9.86. The number of rotatable bonds is 3. The van der Waals surface area contributed by atoms with Gasteiger partial charge in [-0.3, -0.25) is 4.79 Å². The van der Waals surface area contributed by atoms with Crippen molar-refractivity contribution in [2.24, 2.45) is 5.16 Å². The van der Waals surface area contributed by atoms with Crippen LogP contribution in [0.3, 0.4) is 0 Å². The molecule has 1 aliphatic carbocycles. The van der Waals surface area contributed by atoms with Crippen LogP contribution in [0.15, 0.2) is 23.5 Å². The van der Waals surface area contributed by atoms with Crippen molar-refractivity contribution in [1.29, 1.82) is 0 Å². The maximum atomic E-state index is 13.1. The molecule has 3 aliphatic heterocycles. The Labute approximate surface area is 205 Å². The normalized spacial score (nSPS) is 22.9. The summed E-state index contributed by atoms with van der Waals surface area (Å²) < 4.78 is 0. The van der Waals surface area contributed by atoms with Crippen LogP contribution in [0.5, 0.6) is 0 Å². The zero-order valence-corrected chi connectivity index (χ0v) is 20.4. The molecule has 4 aliphatic rings. The maximum absolute atomic E-state index is 13.1. The minimum atomic E-state index is -0.367. The zero-order chi connectivity index (χ0) is 22.8. The van der Waals surface area contributed by atoms with E-state index in [4.69, 9.17) is 28.7 Å². The van der Waals surface area contributed by atoms with Gasteiger partial charge in [0, 0.05) is 70.8 Å². The third-order valence-electron chi connectivity index (χ3n) is 7.34. The van der Waals surface area contributed by atoms with Crippen LogP contribution < -0.4 is 10.2 Å². The van der Waals surface area contributed by atoms with Gasteiger partial charge in [0.1, 0.15) is 17.1 Å². The standard InChI is InChI=1S/C23H31ClN6O2S/c24-18-6-3-9-25-20(18)28-12-14-29(15-13-28)21(31)19-16-23(32-27-19)7-10-30(11-8-23)22(33)26-17-4-1-2-5-17/h3,6,9,17H,1-2,4-5,7-8,10-16H2,(H,26,33). The summed E-state index contributed by atoms with van der Waals surface area (Å²) in [5.41, 5.74) is 0.174. The van der Waals surface area contributed by atoms with Crippen molar-refractivity contribution in [2.75, 3.05) is 44.2 Å². The van der Waals surface area contributed by atoms with E-state index >= 15 is 0 Å². The predicted octanol–water partition coefficient (Wildman–Crippen LogP) is 2.81. The molecule has 5 rings (SSSR count). The average Bonchev–Trinajstić information content (AvgIpc) is 3.50. The van der Waals surface area contributed by atoms with E-state index < -0.39 is 0 Å². The van der Waals surface area contributed by atoms with Crippen LogP contribution in [0, 0.1) is 0 Å². The number of likely N-dealkylation sites (tertiary alicyclic amines) is 1. The first-order valence-electron chi connectivity index (χ1n) is 12.0. The number of halogens is 1. The van der Waals surface area contributed by atoms with Gasteiger partial charge in [-0.2, -0.15) is 0 Å². The van der Waals surface area contributed by atoms with Crippen molar-refractivity contribution in [3.63, 3.8) is 0 Å². The molecule has 1 amide bonds. The molecule has 0 unspecified atom stereocenters. The zero-order valence-electron chi connectivity index (χ0n) is 18.8. The molecule has 1 aromatic rings. The summed E-state index contributed by atoms with van der Waals surface area (Å²) >= 11 is 11.9. The van der Waals surface area contributed by atoms with Crippen LogP contribution in [0.25, 0.3) is 0 Å². The van der Waals surface area contributed by atoms with Gasteiger partial charge in [0.05, 0.1) is 5.02 Å². The molecule has 10 heteroatoms. The number of nitrogens with one attached hydrogen (secondary N) is 1. The number of carbonyl (C=O) groups is 1. The summed E-state index contributed by atoms with van der Waals surface area (Å²) in [6, 6.07) is 4.19. The van der Waals surface area contributed by atoms with Crippen molar-refractivity contribution in [3.05, 3.63) is 23.4 Å². The highest BCUT2D eigenvalue weighted by Gasteiger charge is 2.45. The van der Waals surface area contributed by atoms with Gasteiger partial charge < -0.3 is 24.9 Å². The molecule has 3 fully saturated rings. The Hall–Kier alpha value is -2.13. The average molecular weight is 491 g/mol. The SMILES string of the molecule is O=C(C1=NOC2(CCN(C(=S)NC3CCCC3)CC2)C1)N1CCN(c2ncccc2Cl)CC1. The smallest absolute Gasteiger partial charge is 0.271 e. The van der Waals surface area contributed by atoms with Crippen LogP contribution in [0.2, 0.25) is 5.02 Å². The molecule has 2 saturated heterocycles. The minimum Gasteiger partial charge on any atom is -0.388 e. The Kier molecular flexibility index (Phi) is 6.60. The van der Waals surface area contributed by atoms with E-state index in [1.165, 1.54) is 25.7 Å². The highest BCUT2D eigenvalue weighted by molar-refractivity contribution is 7.80. The van der Waals surface area contributed by atoms with E-state index in [2.05, 4.69) is 25.3 Å². The molecule has 1 saturated carbocycles. The van der Waals surface area contributed by atoms with E-state index in [9.17, 15) is 4.79 Å². The number of aromatic nitrogens is 1. The van der Waals surface area contributed by atoms with Crippen LogP contribution in [0.1, 0.15) is 44.9 Å². The molecule has 178 valence electrons. The first-order chi connectivity index (χ1) is 16.0. The third-order valence-corrected chi connectivity index (χ3v) is 8.01. The van der Waals surface area contributed by atoms with Crippen LogP contribution in [0.4, 0.5) is 5.82 Å². The number of hydrogen-bond donors (Lipinski definition) is 1. The van der Waals surface area contributed by atoms with Crippen LogP contribution in [-0.4, -0.2) is 82.4 Å². The molecule has 0 atom stereocenters. The number of piperazine rings is 1. The monoisotopic (exact) mass is 490 g/mol. The Morgan fingerprint density at radius 1 is 1.12 bits per heavy atom. The summed E-state index contributed by atoms with van der Waals surface area (Å²) in [7, 11) is 0. The lowest BCUT2D eigenvalue weighted by molar-refractivity contribution is -0.124. The van der Waals surface area contributed by atoms with Crippen LogP contribution in [-0.2, 0) is 9.63 Å². The molecule has 8 nitrogen and oxygen atoms in total. The number of amides is 1. The molecule has 4 heterocycles. The van der Waals surface area contributed by atoms with Gasteiger partial charge in [-0.05, 0) is 37.2 Å². The number of nitrogens with zero attached hydrogens (tertiary/aromatic N) is 5. The van der Waals surface area contributed by atoms with Gasteiger partial charge in [-0.1, -0.05) is 29.6 Å². The van der Waals surface area contributed by atoms with Crippen molar-refractivity contribution in [1.82, 2.24) is 20.1 Å². The Balaban J connectivity index is 1.10. The Morgan fingerprint density at radius 3 is 2.55 bits per heavy atom. The summed E-state index contributed by atoms with van der Waals surface area (Å²) in [5, 5.41) is 9.27. The number of thiocarbonyl (C=S) groups is 1. The predicted molar refractivity (Wildman–Crippen MR) is 133 cm³/mol. The number of oxime groups is 1. The van der Waals surface area contributed by atoms with Gasteiger partial charge in [0.25, 0.3) is 5.91 Å². The van der Waals surface area contributed by atoms with Gasteiger partial charge in [-0.15, -0.1) is 0 Å². The maximum Gasteiger partial charge on any atom is 0.271 e. The Bertz CT molecular complexity index is 921. The second-order valence-electron chi connectivity index (χ2n) is 9.50. The van der Waals surface area contributed by atoms with E-state index in [0.29, 0.717) is 49.4 Å². The van der Waals surface area contributed by atoms with Crippen molar-refractivity contribution >= 4 is 46.4 Å². The van der Waals surface area contributed by atoms with Crippen molar-refractivity contribution < 1.29 is 9.63 Å². The number of anilines is 1. The summed E-state index contributed by atoms with van der Waals surface area (Å²) in [6.45, 7) is 4.29. The molecular formula is C23H31ClN6O2S. The fraction of sp³-hybridized carbons (Fsp3) is 0.652. The highest BCUT2D eigenvalue weighted by Crippen LogP contribution is 2.35. The Morgan fingerprint density at radius 2 is 1.85 bits per heavy atom. The molecule has 0 aromatic carbocycles. The van der Waals surface area contributed by atoms with E-state index in [1.54, 1.807) is 6.20 Å².